The van der Waals surface area contributed by atoms with E-state index in [1.54, 1.807) is 7.11 Å². The minimum Gasteiger partial charge on any atom is -0.395 e. The quantitative estimate of drug-likeness (QED) is 0.844. The molecule has 1 saturated heterocycles. The van der Waals surface area contributed by atoms with E-state index in [1.807, 2.05) is 13.0 Å². The zero-order valence-electron chi connectivity index (χ0n) is 12.5. The highest BCUT2D eigenvalue weighted by atomic mass is 16.5. The van der Waals surface area contributed by atoms with Crippen molar-refractivity contribution in [1.82, 2.24) is 14.9 Å². The number of piperazine rings is 1. The van der Waals surface area contributed by atoms with E-state index in [0.29, 0.717) is 6.61 Å². The number of rotatable bonds is 5. The third-order valence-electron chi connectivity index (χ3n) is 3.69. The molecule has 1 aromatic rings. The highest BCUT2D eigenvalue weighted by molar-refractivity contribution is 5.40. The van der Waals surface area contributed by atoms with Crippen molar-refractivity contribution in [3.05, 3.63) is 17.6 Å². The van der Waals surface area contributed by atoms with Crippen LogP contribution in [0.25, 0.3) is 0 Å². The average molecular weight is 280 g/mol. The monoisotopic (exact) mass is 280 g/mol. The Bertz CT molecular complexity index is 433. The molecule has 1 fully saturated rings. The Kier molecular flexibility index (Phi) is 5.28. The summed E-state index contributed by atoms with van der Waals surface area (Å²) in [5.41, 5.74) is 0.966. The van der Waals surface area contributed by atoms with Gasteiger partial charge in [-0.05, 0) is 13.8 Å². The van der Waals surface area contributed by atoms with Crippen LogP contribution < -0.4 is 4.90 Å². The van der Waals surface area contributed by atoms with Crippen molar-refractivity contribution in [1.29, 1.82) is 0 Å². The first-order chi connectivity index (χ1) is 9.63. The number of methoxy groups -OCH3 is 1. The fraction of sp³-hybridized carbons (Fsp3) is 0.714. The van der Waals surface area contributed by atoms with E-state index >= 15 is 0 Å². The predicted octanol–water partition coefficient (Wildman–Crippen LogP) is 0.434. The number of aliphatic hydroxyl groups excluding tert-OH is 1. The smallest absolute Gasteiger partial charge is 0.156 e. The zero-order chi connectivity index (χ0) is 14.5. The minimum atomic E-state index is 0.213. The van der Waals surface area contributed by atoms with Gasteiger partial charge < -0.3 is 14.7 Å². The molecule has 0 spiro atoms. The number of nitrogens with zero attached hydrogens (tertiary/aromatic N) is 4. The van der Waals surface area contributed by atoms with E-state index in [9.17, 15) is 5.11 Å². The van der Waals surface area contributed by atoms with Gasteiger partial charge in [0.05, 0.1) is 6.61 Å². The third kappa shape index (κ3) is 3.65. The Hall–Kier alpha value is -1.24. The minimum absolute atomic E-state index is 0.213. The fourth-order valence-electron chi connectivity index (χ4n) is 2.48. The maximum Gasteiger partial charge on any atom is 0.156 e. The molecular formula is C14H24N4O2. The van der Waals surface area contributed by atoms with E-state index < -0.39 is 0 Å². The molecular weight excluding hydrogens is 256 g/mol. The van der Waals surface area contributed by atoms with Crippen LogP contribution in [0.1, 0.15) is 18.4 Å². The summed E-state index contributed by atoms with van der Waals surface area (Å²) in [6.07, 6.45) is 0. The van der Waals surface area contributed by atoms with Gasteiger partial charge in [-0.3, -0.25) is 4.90 Å². The van der Waals surface area contributed by atoms with Crippen molar-refractivity contribution in [3.63, 3.8) is 0 Å². The van der Waals surface area contributed by atoms with Crippen LogP contribution in [-0.4, -0.2) is 65.9 Å². The molecule has 2 heterocycles. The average Bonchev–Trinajstić information content (AvgIpc) is 2.46. The lowest BCUT2D eigenvalue weighted by molar-refractivity contribution is 0.128. The molecule has 1 aliphatic heterocycles. The zero-order valence-corrected chi connectivity index (χ0v) is 12.5. The molecule has 0 aromatic carbocycles. The summed E-state index contributed by atoms with van der Waals surface area (Å²) in [4.78, 5) is 13.5. The van der Waals surface area contributed by atoms with Gasteiger partial charge in [0.15, 0.2) is 5.82 Å². The summed E-state index contributed by atoms with van der Waals surface area (Å²) in [6, 6.07) is 2.25. The summed E-state index contributed by atoms with van der Waals surface area (Å²) >= 11 is 0. The summed E-state index contributed by atoms with van der Waals surface area (Å²) in [5.74, 6) is 1.70. The normalized spacial score (nSPS) is 18.3. The van der Waals surface area contributed by atoms with Gasteiger partial charge in [-0.25, -0.2) is 9.97 Å². The predicted molar refractivity (Wildman–Crippen MR) is 77.8 cm³/mol. The van der Waals surface area contributed by atoms with E-state index in [0.717, 1.165) is 43.5 Å². The summed E-state index contributed by atoms with van der Waals surface area (Å²) < 4.78 is 5.11. The van der Waals surface area contributed by atoms with Crippen LogP contribution >= 0.6 is 0 Å². The van der Waals surface area contributed by atoms with Gasteiger partial charge in [-0.1, -0.05) is 0 Å². The number of ether oxygens (including phenoxy) is 1. The van der Waals surface area contributed by atoms with Crippen molar-refractivity contribution in [3.8, 4) is 0 Å². The molecule has 112 valence electrons. The van der Waals surface area contributed by atoms with Crippen molar-refractivity contribution in [2.24, 2.45) is 0 Å². The van der Waals surface area contributed by atoms with Crippen LogP contribution in [0.2, 0.25) is 0 Å². The Morgan fingerprint density at radius 1 is 1.30 bits per heavy atom. The number of hydrogen-bond donors (Lipinski definition) is 1. The van der Waals surface area contributed by atoms with Crippen LogP contribution in [0.3, 0.4) is 0 Å². The summed E-state index contributed by atoms with van der Waals surface area (Å²) in [7, 11) is 1.65. The molecule has 0 unspecified atom stereocenters. The van der Waals surface area contributed by atoms with Gasteiger partial charge >= 0.3 is 0 Å². The van der Waals surface area contributed by atoms with Crippen LogP contribution in [0.4, 0.5) is 5.82 Å². The van der Waals surface area contributed by atoms with E-state index in [2.05, 4.69) is 26.7 Å². The summed E-state index contributed by atoms with van der Waals surface area (Å²) in [5, 5.41) is 9.21. The molecule has 0 radical (unpaired) electrons. The lowest BCUT2D eigenvalue weighted by Gasteiger charge is -2.38. The first-order valence-electron chi connectivity index (χ1n) is 7.07. The van der Waals surface area contributed by atoms with Crippen molar-refractivity contribution < 1.29 is 9.84 Å². The van der Waals surface area contributed by atoms with E-state index in [4.69, 9.17) is 4.74 Å². The number of aliphatic hydroxyl groups is 1. The molecule has 2 rings (SSSR count). The SMILES string of the molecule is COCc1nc(C)cc(N2CCN([C@@H](C)CO)CC2)n1. The highest BCUT2D eigenvalue weighted by Crippen LogP contribution is 2.16. The highest BCUT2D eigenvalue weighted by Gasteiger charge is 2.21. The molecule has 0 aliphatic carbocycles. The largest absolute Gasteiger partial charge is 0.395 e. The fourth-order valence-corrected chi connectivity index (χ4v) is 2.48. The molecule has 1 N–H and O–H groups in total. The number of anilines is 1. The second-order valence-electron chi connectivity index (χ2n) is 5.27. The number of hydrogen-bond acceptors (Lipinski definition) is 6. The Morgan fingerprint density at radius 3 is 2.60 bits per heavy atom. The van der Waals surface area contributed by atoms with Crippen molar-refractivity contribution in [2.45, 2.75) is 26.5 Å². The van der Waals surface area contributed by atoms with Crippen LogP contribution in [-0.2, 0) is 11.3 Å². The number of aryl methyl sites for hydroxylation is 1. The molecule has 6 nitrogen and oxygen atoms in total. The molecule has 6 heteroatoms. The molecule has 0 saturated carbocycles. The van der Waals surface area contributed by atoms with Gasteiger partial charge in [0.2, 0.25) is 0 Å². The molecule has 0 amide bonds. The second-order valence-corrected chi connectivity index (χ2v) is 5.27. The van der Waals surface area contributed by atoms with Gasteiger partial charge in [0, 0.05) is 51.1 Å². The molecule has 20 heavy (non-hydrogen) atoms. The molecule has 1 aromatic heterocycles. The molecule has 1 atom stereocenters. The maximum atomic E-state index is 9.21. The van der Waals surface area contributed by atoms with Gasteiger partial charge in [-0.15, -0.1) is 0 Å². The van der Waals surface area contributed by atoms with Gasteiger partial charge in [0.25, 0.3) is 0 Å². The third-order valence-corrected chi connectivity index (χ3v) is 3.69. The van der Waals surface area contributed by atoms with Crippen LogP contribution in [0, 0.1) is 6.92 Å². The topological polar surface area (TPSA) is 61.7 Å². The maximum absolute atomic E-state index is 9.21. The molecule has 0 bridgehead atoms. The van der Waals surface area contributed by atoms with Gasteiger partial charge in [0.1, 0.15) is 12.4 Å². The van der Waals surface area contributed by atoms with Crippen LogP contribution in [0.15, 0.2) is 6.07 Å². The lowest BCUT2D eigenvalue weighted by Crippen LogP contribution is -2.50. The van der Waals surface area contributed by atoms with E-state index in [1.165, 1.54) is 0 Å². The standard InChI is InChI=1S/C14H24N4O2/c1-11-8-14(16-13(15-11)10-20-3)18-6-4-17(5-7-18)12(2)9-19/h8,12,19H,4-7,9-10H2,1-3H3/t12-/m0/s1. The van der Waals surface area contributed by atoms with Gasteiger partial charge in [-0.2, -0.15) is 0 Å². The van der Waals surface area contributed by atoms with E-state index in [-0.39, 0.29) is 12.6 Å². The first kappa shape index (κ1) is 15.2. The Labute approximate surface area is 120 Å². The second kappa shape index (κ2) is 6.97. The lowest BCUT2D eigenvalue weighted by atomic mass is 10.2. The van der Waals surface area contributed by atoms with Crippen molar-refractivity contribution in [2.75, 3.05) is 44.8 Å². The Morgan fingerprint density at radius 2 is 2.00 bits per heavy atom. The molecule has 1 aliphatic rings. The Balaban J connectivity index is 2.03. The van der Waals surface area contributed by atoms with Crippen molar-refractivity contribution >= 4 is 5.82 Å². The first-order valence-corrected chi connectivity index (χ1v) is 7.07. The van der Waals surface area contributed by atoms with Crippen LogP contribution in [0.5, 0.6) is 0 Å². The number of aromatic nitrogens is 2. The summed E-state index contributed by atoms with van der Waals surface area (Å²) in [6.45, 7) is 8.44.